The Balaban J connectivity index is 1.52. The zero-order valence-electron chi connectivity index (χ0n) is 16.3. The molecule has 0 aromatic heterocycles. The molecule has 2 aliphatic heterocycles. The summed E-state index contributed by atoms with van der Waals surface area (Å²) in [6.07, 6.45) is -0.943. The lowest BCUT2D eigenvalue weighted by Gasteiger charge is -2.28. The number of hydrogen-bond acceptors (Lipinski definition) is 4. The molecule has 2 saturated heterocycles. The molecule has 5 rings (SSSR count). The highest BCUT2D eigenvalue weighted by atomic mass is 35.5. The van der Waals surface area contributed by atoms with Gasteiger partial charge in [-0.2, -0.15) is 0 Å². The van der Waals surface area contributed by atoms with Crippen molar-refractivity contribution in [3.05, 3.63) is 101 Å². The summed E-state index contributed by atoms with van der Waals surface area (Å²) in [5, 5.41) is 2.12. The predicted octanol–water partition coefficient (Wildman–Crippen LogP) is 4.53. The van der Waals surface area contributed by atoms with Crippen LogP contribution in [0.25, 0.3) is 0 Å². The smallest absolute Gasteiger partial charge is 0.262 e. The molecule has 3 aromatic rings. The molecule has 0 radical (unpaired) electrons. The van der Waals surface area contributed by atoms with Gasteiger partial charge >= 0.3 is 0 Å². The number of likely N-dealkylation sites (tertiary alicyclic amines) is 1. The lowest BCUT2D eigenvalue weighted by molar-refractivity contribution is -0.143. The van der Waals surface area contributed by atoms with Gasteiger partial charge in [-0.05, 0) is 47.5 Å². The lowest BCUT2D eigenvalue weighted by atomic mass is 9.90. The summed E-state index contributed by atoms with van der Waals surface area (Å²) in [4.78, 5) is 33.8. The molecule has 7 heteroatoms. The van der Waals surface area contributed by atoms with Gasteiger partial charge in [0, 0.05) is 5.02 Å². The molecule has 3 unspecified atom stereocenters. The van der Waals surface area contributed by atoms with Crippen LogP contribution in [0, 0.1) is 11.7 Å². The Hall–Kier alpha value is -3.22. The maximum Gasteiger partial charge on any atom is 0.262 e. The van der Waals surface area contributed by atoms with Gasteiger partial charge in [0.25, 0.3) is 5.91 Å². The topological polar surface area (TPSA) is 49.9 Å². The Morgan fingerprint density at radius 2 is 1.55 bits per heavy atom. The lowest BCUT2D eigenvalue weighted by Crippen LogP contribution is -2.36. The van der Waals surface area contributed by atoms with Crippen molar-refractivity contribution in [2.24, 2.45) is 5.92 Å². The fraction of sp³-hybridized carbons (Fsp3) is 0.167. The number of rotatable bonds is 4. The Kier molecular flexibility index (Phi) is 4.96. The minimum Gasteiger partial charge on any atom is -0.275 e. The molecule has 0 spiro atoms. The third-order valence-corrected chi connectivity index (χ3v) is 5.93. The van der Waals surface area contributed by atoms with Gasteiger partial charge in [0.05, 0.1) is 18.3 Å². The minimum absolute atomic E-state index is 0.186. The van der Waals surface area contributed by atoms with Crippen LogP contribution in [-0.2, 0) is 21.0 Å². The minimum atomic E-state index is -0.943. The van der Waals surface area contributed by atoms with E-state index >= 15 is 0 Å². The quantitative estimate of drug-likeness (QED) is 0.564. The number of amides is 2. The molecule has 31 heavy (non-hydrogen) atoms. The summed E-state index contributed by atoms with van der Waals surface area (Å²) in [5.74, 6) is -1.79. The fourth-order valence-corrected chi connectivity index (χ4v) is 4.33. The first-order valence-corrected chi connectivity index (χ1v) is 10.3. The van der Waals surface area contributed by atoms with Crippen LogP contribution < -0.4 is 5.06 Å². The molecule has 156 valence electrons. The summed E-state index contributed by atoms with van der Waals surface area (Å²) >= 11 is 6.01. The molecular weight excluding hydrogens is 419 g/mol. The number of benzene rings is 3. The average molecular weight is 437 g/mol. The van der Waals surface area contributed by atoms with Gasteiger partial charge in [-0.15, -0.1) is 0 Å². The van der Waals surface area contributed by atoms with Crippen molar-refractivity contribution >= 4 is 29.1 Å². The standard InChI is InChI=1S/C24H18ClFN2O3/c25-17-8-12-19(13-9-17)28-21(16-6-10-18(26)11-7-16)20-22(31-28)24(30)27(23(20)29)14-15-4-2-1-3-5-15/h1-13,20-22H,14H2. The Bertz CT molecular complexity index is 1120. The summed E-state index contributed by atoms with van der Waals surface area (Å²) in [7, 11) is 0. The number of nitrogens with zero attached hydrogens (tertiary/aromatic N) is 2. The summed E-state index contributed by atoms with van der Waals surface area (Å²) in [6.45, 7) is 0.186. The summed E-state index contributed by atoms with van der Waals surface area (Å²) in [6, 6.07) is 21.6. The van der Waals surface area contributed by atoms with Crippen LogP contribution in [0.15, 0.2) is 78.9 Å². The number of anilines is 1. The largest absolute Gasteiger partial charge is 0.275 e. The molecule has 0 aliphatic carbocycles. The van der Waals surface area contributed by atoms with E-state index < -0.39 is 18.1 Å². The summed E-state index contributed by atoms with van der Waals surface area (Å²) < 4.78 is 13.6. The van der Waals surface area contributed by atoms with E-state index in [1.807, 2.05) is 30.3 Å². The first-order valence-electron chi connectivity index (χ1n) is 9.89. The third-order valence-electron chi connectivity index (χ3n) is 5.68. The maximum absolute atomic E-state index is 13.6. The highest BCUT2D eigenvalue weighted by Crippen LogP contribution is 2.47. The highest BCUT2D eigenvalue weighted by Gasteiger charge is 2.59. The van der Waals surface area contributed by atoms with Crippen LogP contribution in [0.5, 0.6) is 0 Å². The van der Waals surface area contributed by atoms with Crippen molar-refractivity contribution < 1.29 is 18.8 Å². The van der Waals surface area contributed by atoms with Crippen molar-refractivity contribution in [1.29, 1.82) is 0 Å². The van der Waals surface area contributed by atoms with Gasteiger partial charge in [0.2, 0.25) is 5.91 Å². The molecule has 2 fully saturated rings. The van der Waals surface area contributed by atoms with Crippen LogP contribution in [0.4, 0.5) is 10.1 Å². The molecular formula is C24H18ClFN2O3. The molecule has 3 aromatic carbocycles. The van der Waals surface area contributed by atoms with Crippen LogP contribution in [0.2, 0.25) is 5.02 Å². The Morgan fingerprint density at radius 1 is 0.871 bits per heavy atom. The molecule has 0 saturated carbocycles. The molecule has 0 N–H and O–H groups in total. The number of hydrogen-bond donors (Lipinski definition) is 0. The highest BCUT2D eigenvalue weighted by molar-refractivity contribution is 6.30. The van der Waals surface area contributed by atoms with E-state index in [2.05, 4.69) is 0 Å². The van der Waals surface area contributed by atoms with Gasteiger partial charge in [-0.25, -0.2) is 9.45 Å². The Morgan fingerprint density at radius 3 is 2.23 bits per heavy atom. The second kappa shape index (κ2) is 7.80. The number of carbonyl (C=O) groups excluding carboxylic acids is 2. The van der Waals surface area contributed by atoms with Crippen molar-refractivity contribution in [1.82, 2.24) is 4.90 Å². The number of carbonyl (C=O) groups is 2. The zero-order valence-corrected chi connectivity index (χ0v) is 17.1. The first kappa shape index (κ1) is 19.7. The molecule has 0 bridgehead atoms. The summed E-state index contributed by atoms with van der Waals surface area (Å²) in [5.41, 5.74) is 2.20. The average Bonchev–Trinajstić information content (AvgIpc) is 3.28. The predicted molar refractivity (Wildman–Crippen MR) is 113 cm³/mol. The van der Waals surface area contributed by atoms with E-state index in [0.29, 0.717) is 16.3 Å². The molecule has 2 heterocycles. The van der Waals surface area contributed by atoms with Crippen molar-refractivity contribution in [3.8, 4) is 0 Å². The molecule has 2 aliphatic rings. The number of halogens is 2. The monoisotopic (exact) mass is 436 g/mol. The van der Waals surface area contributed by atoms with E-state index in [9.17, 15) is 14.0 Å². The van der Waals surface area contributed by atoms with E-state index in [4.69, 9.17) is 16.4 Å². The molecule has 2 amide bonds. The van der Waals surface area contributed by atoms with Crippen LogP contribution in [0.1, 0.15) is 17.2 Å². The molecule has 5 nitrogen and oxygen atoms in total. The maximum atomic E-state index is 13.6. The second-order valence-electron chi connectivity index (χ2n) is 7.60. The van der Waals surface area contributed by atoms with Gasteiger partial charge in [-0.1, -0.05) is 54.1 Å². The third kappa shape index (κ3) is 3.48. The van der Waals surface area contributed by atoms with Crippen LogP contribution >= 0.6 is 11.6 Å². The van der Waals surface area contributed by atoms with E-state index in [-0.39, 0.29) is 24.2 Å². The number of imide groups is 1. The van der Waals surface area contributed by atoms with E-state index in [1.54, 1.807) is 41.5 Å². The number of hydroxylamine groups is 1. The Labute approximate surface area is 183 Å². The van der Waals surface area contributed by atoms with E-state index in [1.165, 1.54) is 17.0 Å². The van der Waals surface area contributed by atoms with Gasteiger partial charge in [0.1, 0.15) is 11.7 Å². The normalized spacial score (nSPS) is 22.8. The fourth-order valence-electron chi connectivity index (χ4n) is 4.20. The van der Waals surface area contributed by atoms with E-state index in [0.717, 1.165) is 5.56 Å². The first-order chi connectivity index (χ1) is 15.0. The zero-order chi connectivity index (χ0) is 21.5. The number of fused-ring (bicyclic) bond motifs is 1. The second-order valence-corrected chi connectivity index (χ2v) is 8.04. The molecule has 3 atom stereocenters. The SMILES string of the molecule is O=C1C2ON(c3ccc(Cl)cc3)C(c3ccc(F)cc3)C2C(=O)N1Cc1ccccc1. The van der Waals surface area contributed by atoms with Gasteiger partial charge < -0.3 is 0 Å². The van der Waals surface area contributed by atoms with Crippen molar-refractivity contribution in [3.63, 3.8) is 0 Å². The van der Waals surface area contributed by atoms with Crippen molar-refractivity contribution in [2.45, 2.75) is 18.7 Å². The van der Waals surface area contributed by atoms with Crippen molar-refractivity contribution in [2.75, 3.05) is 5.06 Å². The van der Waals surface area contributed by atoms with Crippen LogP contribution in [0.3, 0.4) is 0 Å². The van der Waals surface area contributed by atoms with Crippen LogP contribution in [-0.4, -0.2) is 22.8 Å². The van der Waals surface area contributed by atoms with Gasteiger partial charge in [-0.3, -0.25) is 19.3 Å². The van der Waals surface area contributed by atoms with Gasteiger partial charge in [0.15, 0.2) is 6.10 Å².